The highest BCUT2D eigenvalue weighted by molar-refractivity contribution is 6.13. The van der Waals surface area contributed by atoms with Gasteiger partial charge in [0.15, 0.2) is 0 Å². The maximum Gasteiger partial charge on any atom is 0.0636 e. The monoisotopic (exact) mass is 425 g/mol. The van der Waals surface area contributed by atoms with E-state index >= 15 is 0 Å². The summed E-state index contributed by atoms with van der Waals surface area (Å²) < 4.78 is 0. The minimum Gasteiger partial charge on any atom is -0.398 e. The molecular formula is C29H35N3. The van der Waals surface area contributed by atoms with Crippen LogP contribution in [0, 0.1) is 5.41 Å². The molecular weight excluding hydrogens is 390 g/mol. The van der Waals surface area contributed by atoms with Crippen LogP contribution in [0.25, 0.3) is 17.7 Å². The van der Waals surface area contributed by atoms with Crippen molar-refractivity contribution in [2.75, 3.05) is 19.3 Å². The molecule has 4 N–H and O–H groups in total. The van der Waals surface area contributed by atoms with E-state index in [-0.39, 0.29) is 0 Å². The fourth-order valence-electron chi connectivity index (χ4n) is 3.59. The first kappa shape index (κ1) is 24.8. The average molecular weight is 426 g/mol. The summed E-state index contributed by atoms with van der Waals surface area (Å²) in [6, 6.07) is 11.9. The van der Waals surface area contributed by atoms with Crippen molar-refractivity contribution < 1.29 is 0 Å². The van der Waals surface area contributed by atoms with Crippen molar-refractivity contribution in [2.45, 2.75) is 26.7 Å². The maximum absolute atomic E-state index is 8.46. The van der Waals surface area contributed by atoms with Crippen molar-refractivity contribution in [3.8, 4) is 0 Å². The Kier molecular flexibility index (Phi) is 9.65. The topological polar surface area (TPSA) is 61.9 Å². The van der Waals surface area contributed by atoms with Crippen molar-refractivity contribution in [2.24, 2.45) is 0 Å². The van der Waals surface area contributed by atoms with Gasteiger partial charge in [-0.1, -0.05) is 85.9 Å². The van der Waals surface area contributed by atoms with E-state index in [0.717, 1.165) is 52.8 Å². The molecule has 0 amide bonds. The zero-order valence-corrected chi connectivity index (χ0v) is 19.5. The number of anilines is 1. The largest absolute Gasteiger partial charge is 0.398 e. The van der Waals surface area contributed by atoms with Crippen LogP contribution in [0.1, 0.15) is 48.1 Å². The van der Waals surface area contributed by atoms with Gasteiger partial charge in [-0.25, -0.2) is 0 Å². The first-order valence-corrected chi connectivity index (χ1v) is 11.0. The molecule has 0 bridgehead atoms. The fourth-order valence-corrected chi connectivity index (χ4v) is 3.59. The molecule has 2 aromatic rings. The molecule has 0 radical (unpaired) electrons. The van der Waals surface area contributed by atoms with Crippen LogP contribution in [0.5, 0.6) is 0 Å². The van der Waals surface area contributed by atoms with Gasteiger partial charge >= 0.3 is 0 Å². The number of nitrogens with one attached hydrogen (secondary N) is 2. The van der Waals surface area contributed by atoms with E-state index in [1.807, 2.05) is 56.5 Å². The smallest absolute Gasteiger partial charge is 0.0636 e. The summed E-state index contributed by atoms with van der Waals surface area (Å²) in [5.41, 5.74) is 14.7. The van der Waals surface area contributed by atoms with E-state index in [1.54, 1.807) is 6.08 Å². The summed E-state index contributed by atoms with van der Waals surface area (Å²) in [6.07, 6.45) is 13.9. The summed E-state index contributed by atoms with van der Waals surface area (Å²) in [7, 11) is 1.97. The van der Waals surface area contributed by atoms with Crippen LogP contribution in [0.3, 0.4) is 0 Å². The highest BCUT2D eigenvalue weighted by Gasteiger charge is 2.11. The standard InChI is InChI=1S/C22H24N2.C7H11N/c1-5-17-11-13-21(24)22(19(17)6-2)20(23)12-10-16-8-7-9-18(14-16)15(3)4;1-8-6-7-4-2-3-5-7/h5,7-14,23H,1,3,6,24H2,2,4H3;2-4,8H,5-6H2,1H3/b12-10+,23-20?;. The van der Waals surface area contributed by atoms with Crippen molar-refractivity contribution in [3.63, 3.8) is 0 Å². The highest BCUT2D eigenvalue weighted by atomic mass is 14.8. The Morgan fingerprint density at radius 1 is 1.25 bits per heavy atom. The first-order chi connectivity index (χ1) is 15.4. The quantitative estimate of drug-likeness (QED) is 0.326. The second-order valence-corrected chi connectivity index (χ2v) is 7.80. The van der Waals surface area contributed by atoms with E-state index < -0.39 is 0 Å². The van der Waals surface area contributed by atoms with E-state index in [4.69, 9.17) is 11.1 Å². The van der Waals surface area contributed by atoms with Gasteiger partial charge in [0.2, 0.25) is 0 Å². The van der Waals surface area contributed by atoms with Crippen LogP contribution in [0.2, 0.25) is 0 Å². The molecule has 166 valence electrons. The molecule has 0 unspecified atom stereocenters. The lowest BCUT2D eigenvalue weighted by molar-refractivity contribution is 0.866. The molecule has 3 nitrogen and oxygen atoms in total. The van der Waals surface area contributed by atoms with Gasteiger partial charge in [0.05, 0.1) is 5.71 Å². The zero-order valence-electron chi connectivity index (χ0n) is 19.5. The van der Waals surface area contributed by atoms with Crippen LogP contribution >= 0.6 is 0 Å². The van der Waals surface area contributed by atoms with Crippen LogP contribution in [0.15, 0.2) is 79.4 Å². The molecule has 2 aromatic carbocycles. The average Bonchev–Trinajstić information content (AvgIpc) is 3.31. The number of likely N-dealkylation sites (N-methyl/N-ethyl adjacent to an activating group) is 1. The molecule has 1 aliphatic rings. The Balaban J connectivity index is 0.000000380. The lowest BCUT2D eigenvalue weighted by Gasteiger charge is -2.13. The van der Waals surface area contributed by atoms with Gasteiger partial charge < -0.3 is 16.5 Å². The maximum atomic E-state index is 8.46. The first-order valence-electron chi connectivity index (χ1n) is 11.0. The number of allylic oxidation sites excluding steroid dienone is 5. The second-order valence-electron chi connectivity index (χ2n) is 7.80. The van der Waals surface area contributed by atoms with Gasteiger partial charge in [-0.3, -0.25) is 0 Å². The Labute approximate surface area is 193 Å². The van der Waals surface area contributed by atoms with Gasteiger partial charge in [-0.05, 0) is 67.3 Å². The van der Waals surface area contributed by atoms with E-state index in [0.29, 0.717) is 11.4 Å². The third kappa shape index (κ3) is 6.79. The number of hydrogen-bond acceptors (Lipinski definition) is 3. The lowest BCUT2D eigenvalue weighted by atomic mass is 9.93. The zero-order chi connectivity index (χ0) is 23.5. The number of hydrogen-bond donors (Lipinski definition) is 3. The molecule has 0 saturated heterocycles. The molecule has 3 rings (SSSR count). The molecule has 0 aromatic heterocycles. The number of nitrogens with two attached hydrogens (primary N) is 1. The fraction of sp³-hybridized carbons (Fsp3) is 0.207. The van der Waals surface area contributed by atoms with E-state index in [1.165, 1.54) is 5.57 Å². The van der Waals surface area contributed by atoms with Crippen LogP contribution in [0.4, 0.5) is 5.69 Å². The Hall–Kier alpha value is -3.43. The summed E-state index contributed by atoms with van der Waals surface area (Å²) in [4.78, 5) is 0. The number of benzene rings is 2. The Morgan fingerprint density at radius 3 is 2.62 bits per heavy atom. The molecule has 0 spiro atoms. The third-order valence-electron chi connectivity index (χ3n) is 5.30. The van der Waals surface area contributed by atoms with Gasteiger partial charge in [-0.2, -0.15) is 0 Å². The molecule has 0 atom stereocenters. The number of nitrogen functional groups attached to an aromatic ring is 1. The summed E-state index contributed by atoms with van der Waals surface area (Å²) in [6.45, 7) is 12.9. The summed E-state index contributed by atoms with van der Waals surface area (Å²) >= 11 is 0. The Bertz CT molecular complexity index is 1070. The van der Waals surface area contributed by atoms with Gasteiger partial charge in [0.1, 0.15) is 0 Å². The van der Waals surface area contributed by atoms with E-state index in [2.05, 4.69) is 49.7 Å². The predicted molar refractivity (Wildman–Crippen MR) is 143 cm³/mol. The number of rotatable bonds is 8. The molecule has 0 fully saturated rings. The Morgan fingerprint density at radius 2 is 2.03 bits per heavy atom. The molecule has 32 heavy (non-hydrogen) atoms. The molecule has 0 saturated carbocycles. The molecule has 0 aliphatic heterocycles. The SMILES string of the molecule is C=Cc1ccc(N)c(C(=N)/C=C/c2cccc(C(=C)C)c2)c1CC.CNCC1=CC=CC1. The molecule has 1 aliphatic carbocycles. The third-order valence-corrected chi connectivity index (χ3v) is 5.30. The van der Waals surface area contributed by atoms with Crippen LogP contribution in [-0.4, -0.2) is 19.3 Å². The van der Waals surface area contributed by atoms with Crippen molar-refractivity contribution in [3.05, 3.63) is 107 Å². The minimum atomic E-state index is 0.411. The lowest BCUT2D eigenvalue weighted by Crippen LogP contribution is -2.08. The highest BCUT2D eigenvalue weighted by Crippen LogP contribution is 2.24. The van der Waals surface area contributed by atoms with Gasteiger partial charge in [0, 0.05) is 17.8 Å². The summed E-state index contributed by atoms with van der Waals surface area (Å²) in [5, 5.41) is 11.6. The molecule has 3 heteroatoms. The minimum absolute atomic E-state index is 0.411. The van der Waals surface area contributed by atoms with Gasteiger partial charge in [-0.15, -0.1) is 0 Å². The van der Waals surface area contributed by atoms with Crippen LogP contribution < -0.4 is 11.1 Å². The van der Waals surface area contributed by atoms with Crippen molar-refractivity contribution in [1.29, 1.82) is 5.41 Å². The summed E-state index contributed by atoms with van der Waals surface area (Å²) in [5.74, 6) is 0. The second kappa shape index (κ2) is 12.4. The van der Waals surface area contributed by atoms with Crippen LogP contribution in [-0.2, 0) is 6.42 Å². The van der Waals surface area contributed by atoms with Crippen molar-refractivity contribution >= 4 is 29.1 Å². The van der Waals surface area contributed by atoms with Crippen molar-refractivity contribution in [1.82, 2.24) is 5.32 Å². The predicted octanol–water partition coefficient (Wildman–Crippen LogP) is 6.68. The normalized spacial score (nSPS) is 12.3. The van der Waals surface area contributed by atoms with Gasteiger partial charge in [0.25, 0.3) is 0 Å². The van der Waals surface area contributed by atoms with E-state index in [9.17, 15) is 0 Å². The molecule has 0 heterocycles.